The van der Waals surface area contributed by atoms with Gasteiger partial charge in [0, 0.05) is 19.3 Å². The van der Waals surface area contributed by atoms with Gasteiger partial charge in [-0.25, -0.2) is 9.97 Å². The molecule has 3 aromatic heterocycles. The van der Waals surface area contributed by atoms with Gasteiger partial charge in [0.05, 0.1) is 22.2 Å². The number of aryl methyl sites for hydroxylation is 1. The fourth-order valence-electron chi connectivity index (χ4n) is 2.68. The molecule has 134 valence electrons. The van der Waals surface area contributed by atoms with Crippen molar-refractivity contribution in [3.8, 4) is 5.75 Å². The Hall–Kier alpha value is -2.94. The second-order valence-corrected chi connectivity index (χ2v) is 5.94. The van der Waals surface area contributed by atoms with Crippen LogP contribution in [-0.4, -0.2) is 25.9 Å². The maximum atomic E-state index is 12.4. The summed E-state index contributed by atoms with van der Waals surface area (Å²) in [7, 11) is 1.75. The van der Waals surface area contributed by atoms with Crippen LogP contribution in [0.1, 0.15) is 0 Å². The molecule has 0 atom stereocenters. The van der Waals surface area contributed by atoms with Crippen molar-refractivity contribution in [1.82, 2.24) is 19.5 Å². The van der Waals surface area contributed by atoms with Gasteiger partial charge in [-0.1, -0.05) is 11.6 Å². The lowest BCUT2D eigenvalue weighted by molar-refractivity contribution is -0.274. The number of halogens is 4. The Bertz CT molecular complexity index is 1120. The molecule has 0 amide bonds. The van der Waals surface area contributed by atoms with E-state index in [1.165, 1.54) is 18.2 Å². The summed E-state index contributed by atoms with van der Waals surface area (Å²) in [6.45, 7) is 0. The number of imidazole rings is 1. The Labute approximate surface area is 149 Å². The minimum absolute atomic E-state index is 0.324. The summed E-state index contributed by atoms with van der Waals surface area (Å²) in [5.41, 5.74) is 3.07. The first-order valence-corrected chi connectivity index (χ1v) is 7.81. The quantitative estimate of drug-likeness (QED) is 0.503. The normalized spacial score (nSPS) is 12.0. The van der Waals surface area contributed by atoms with Crippen molar-refractivity contribution in [3.63, 3.8) is 0 Å². The number of alkyl halides is 3. The Morgan fingerprint density at radius 1 is 1.19 bits per heavy atom. The number of benzene rings is 1. The summed E-state index contributed by atoms with van der Waals surface area (Å²) >= 11 is 5.94. The summed E-state index contributed by atoms with van der Waals surface area (Å²) in [6, 6.07) is 7.46. The molecule has 4 aromatic rings. The molecular weight excluding hydrogens is 371 g/mol. The summed E-state index contributed by atoms with van der Waals surface area (Å²) in [5, 5.41) is 3.46. The summed E-state index contributed by atoms with van der Waals surface area (Å²) in [5.74, 6) is 0.113. The molecule has 0 bridgehead atoms. The van der Waals surface area contributed by atoms with Gasteiger partial charge in [-0.2, -0.15) is 0 Å². The molecule has 0 aliphatic carbocycles. The highest BCUT2D eigenvalue weighted by Crippen LogP contribution is 2.30. The smallest absolute Gasteiger partial charge is 0.406 e. The molecule has 0 radical (unpaired) electrons. The number of rotatable bonds is 3. The van der Waals surface area contributed by atoms with Crippen LogP contribution in [0.15, 0.2) is 36.5 Å². The van der Waals surface area contributed by atoms with E-state index in [0.29, 0.717) is 33.3 Å². The minimum atomic E-state index is -4.75. The predicted octanol–water partition coefficient (Wildman–Crippen LogP) is 4.75. The maximum absolute atomic E-state index is 12.4. The number of hydrogen-bond acceptors (Lipinski definition) is 4. The lowest BCUT2D eigenvalue weighted by Gasteiger charge is -2.08. The van der Waals surface area contributed by atoms with E-state index in [9.17, 15) is 13.2 Å². The number of hydrogen-bond donors (Lipinski definition) is 2. The van der Waals surface area contributed by atoms with Crippen LogP contribution in [0.5, 0.6) is 5.75 Å². The van der Waals surface area contributed by atoms with Gasteiger partial charge in [0.25, 0.3) is 0 Å². The topological polar surface area (TPSA) is 67.8 Å². The van der Waals surface area contributed by atoms with Gasteiger partial charge in [-0.05, 0) is 24.3 Å². The van der Waals surface area contributed by atoms with Gasteiger partial charge in [-0.3, -0.25) is 0 Å². The zero-order valence-electron chi connectivity index (χ0n) is 13.2. The first-order chi connectivity index (χ1) is 12.3. The molecule has 10 heteroatoms. The first kappa shape index (κ1) is 16.5. The number of pyridine rings is 1. The number of aromatic amines is 1. The van der Waals surface area contributed by atoms with E-state index >= 15 is 0 Å². The second-order valence-electron chi connectivity index (χ2n) is 5.55. The highest BCUT2D eigenvalue weighted by Gasteiger charge is 2.31. The molecule has 0 fully saturated rings. The van der Waals surface area contributed by atoms with E-state index in [0.717, 1.165) is 5.52 Å². The number of nitrogens with one attached hydrogen (secondary N) is 2. The first-order valence-electron chi connectivity index (χ1n) is 7.43. The van der Waals surface area contributed by atoms with Crippen LogP contribution in [-0.2, 0) is 7.05 Å². The average molecular weight is 382 g/mol. The van der Waals surface area contributed by atoms with Gasteiger partial charge >= 0.3 is 6.36 Å². The number of fused-ring (bicyclic) bond motifs is 2. The predicted molar refractivity (Wildman–Crippen MR) is 91.8 cm³/mol. The lowest BCUT2D eigenvalue weighted by atomic mass is 10.3. The lowest BCUT2D eigenvalue weighted by Crippen LogP contribution is -2.16. The van der Waals surface area contributed by atoms with Gasteiger partial charge in [-0.15, -0.1) is 13.2 Å². The number of nitrogens with zero attached hydrogens (tertiary/aromatic N) is 3. The van der Waals surface area contributed by atoms with Crippen molar-refractivity contribution in [2.45, 2.75) is 6.36 Å². The minimum Gasteiger partial charge on any atom is -0.406 e. The second kappa shape index (κ2) is 5.80. The molecule has 2 N–H and O–H groups in total. The van der Waals surface area contributed by atoms with Crippen LogP contribution in [0.2, 0.25) is 5.15 Å². The molecule has 6 nitrogen and oxygen atoms in total. The van der Waals surface area contributed by atoms with Crippen LogP contribution in [0.4, 0.5) is 24.8 Å². The number of H-pyrrole nitrogens is 1. The maximum Gasteiger partial charge on any atom is 0.573 e. The molecule has 4 rings (SSSR count). The van der Waals surface area contributed by atoms with Crippen molar-refractivity contribution >= 4 is 45.3 Å². The third kappa shape index (κ3) is 3.01. The molecule has 1 aromatic carbocycles. The third-order valence-corrected chi connectivity index (χ3v) is 4.03. The molecule has 26 heavy (non-hydrogen) atoms. The molecule has 0 saturated carbocycles. The summed E-state index contributed by atoms with van der Waals surface area (Å²) < 4.78 is 42.8. The summed E-state index contributed by atoms with van der Waals surface area (Å²) in [6.07, 6.45) is -3.04. The monoisotopic (exact) mass is 381 g/mol. The molecule has 3 heterocycles. The molecular formula is C16H11ClF3N5O. The van der Waals surface area contributed by atoms with Gasteiger partial charge in [0.1, 0.15) is 16.4 Å². The Morgan fingerprint density at radius 2 is 2.00 bits per heavy atom. The van der Waals surface area contributed by atoms with E-state index in [1.807, 2.05) is 0 Å². The number of aromatic nitrogens is 4. The van der Waals surface area contributed by atoms with E-state index in [4.69, 9.17) is 11.6 Å². The van der Waals surface area contributed by atoms with Crippen molar-refractivity contribution < 1.29 is 17.9 Å². The van der Waals surface area contributed by atoms with E-state index in [-0.39, 0.29) is 5.75 Å². The Balaban J connectivity index is 1.72. The Kier molecular flexibility index (Phi) is 3.69. The summed E-state index contributed by atoms with van der Waals surface area (Å²) in [4.78, 5) is 11.7. The van der Waals surface area contributed by atoms with Gasteiger partial charge < -0.3 is 19.6 Å². The van der Waals surface area contributed by atoms with Crippen molar-refractivity contribution in [2.75, 3.05) is 5.32 Å². The molecule has 0 aliphatic rings. The SMILES string of the molecule is Cn1c(Nc2c[nH]c3ccc(Cl)nc23)nc2cc(OC(F)(F)F)ccc21. The fraction of sp³-hybridized carbons (Fsp3) is 0.125. The average Bonchev–Trinajstić information content (AvgIpc) is 3.08. The van der Waals surface area contributed by atoms with Gasteiger partial charge in [0.2, 0.25) is 5.95 Å². The highest BCUT2D eigenvalue weighted by molar-refractivity contribution is 6.29. The van der Waals surface area contributed by atoms with Gasteiger partial charge in [0.15, 0.2) is 0 Å². The van der Waals surface area contributed by atoms with Crippen molar-refractivity contribution in [3.05, 3.63) is 41.7 Å². The standard InChI is InChI=1S/C16H11ClF3N5O/c1-25-12-4-2-8(26-16(18,19)20)6-10(12)22-15(25)23-11-7-21-9-3-5-13(17)24-14(9)11/h2-7,21H,1H3,(H,22,23). The zero-order chi connectivity index (χ0) is 18.5. The van der Waals surface area contributed by atoms with Crippen LogP contribution in [0.25, 0.3) is 22.1 Å². The van der Waals surface area contributed by atoms with E-state index < -0.39 is 6.36 Å². The van der Waals surface area contributed by atoms with Crippen molar-refractivity contribution in [2.24, 2.45) is 7.05 Å². The van der Waals surface area contributed by atoms with E-state index in [2.05, 4.69) is 25.0 Å². The van der Waals surface area contributed by atoms with Crippen LogP contribution >= 0.6 is 11.6 Å². The number of ether oxygens (including phenoxy) is 1. The third-order valence-electron chi connectivity index (χ3n) is 3.82. The Morgan fingerprint density at radius 3 is 2.77 bits per heavy atom. The van der Waals surface area contributed by atoms with Crippen LogP contribution < -0.4 is 10.1 Å². The zero-order valence-corrected chi connectivity index (χ0v) is 14.0. The number of anilines is 2. The largest absolute Gasteiger partial charge is 0.573 e. The van der Waals surface area contributed by atoms with Crippen molar-refractivity contribution in [1.29, 1.82) is 0 Å². The highest BCUT2D eigenvalue weighted by atomic mass is 35.5. The molecule has 0 aliphatic heterocycles. The fourth-order valence-corrected chi connectivity index (χ4v) is 2.83. The van der Waals surface area contributed by atoms with Crippen LogP contribution in [0.3, 0.4) is 0 Å². The van der Waals surface area contributed by atoms with E-state index in [1.54, 1.807) is 29.9 Å². The molecule has 0 saturated heterocycles. The molecule has 0 unspecified atom stereocenters. The van der Waals surface area contributed by atoms with Crippen LogP contribution in [0, 0.1) is 0 Å². The molecule has 0 spiro atoms.